The molecule has 1 saturated carbocycles. The van der Waals surface area contributed by atoms with E-state index in [0.717, 1.165) is 36.3 Å². The van der Waals surface area contributed by atoms with Crippen LogP contribution in [0.25, 0.3) is 0 Å². The molecule has 2 aromatic carbocycles. The largest absolute Gasteiger partial charge is 0.454 e. The van der Waals surface area contributed by atoms with E-state index in [9.17, 15) is 13.2 Å². The van der Waals surface area contributed by atoms with Gasteiger partial charge in [-0.25, -0.2) is 13.6 Å². The Labute approximate surface area is 188 Å². The van der Waals surface area contributed by atoms with Crippen LogP contribution in [0.2, 0.25) is 0 Å². The summed E-state index contributed by atoms with van der Waals surface area (Å²) in [5.74, 6) is 1.48. The minimum absolute atomic E-state index is 0.00460. The normalized spacial score (nSPS) is 20.8. The van der Waals surface area contributed by atoms with Crippen molar-refractivity contribution in [1.82, 2.24) is 10.6 Å². The average Bonchev–Trinajstić information content (AvgIpc) is 3.42. The third kappa shape index (κ3) is 5.40. The maximum absolute atomic E-state index is 12.2. The van der Waals surface area contributed by atoms with Gasteiger partial charge in [0.25, 0.3) is 5.91 Å². The van der Waals surface area contributed by atoms with Crippen LogP contribution in [0.1, 0.15) is 59.6 Å². The number of hydrogen-bond donors (Lipinski definition) is 3. The molecule has 1 aliphatic carbocycles. The van der Waals surface area contributed by atoms with Crippen molar-refractivity contribution in [3.05, 3.63) is 59.2 Å². The highest BCUT2D eigenvalue weighted by atomic mass is 32.2. The van der Waals surface area contributed by atoms with Gasteiger partial charge in [-0.3, -0.25) is 4.79 Å². The van der Waals surface area contributed by atoms with Gasteiger partial charge in [-0.2, -0.15) is 0 Å². The second-order valence-electron chi connectivity index (χ2n) is 8.42. The molecule has 4 N–H and O–H groups in total. The third-order valence-corrected chi connectivity index (χ3v) is 6.90. The number of ether oxygens (including phenoxy) is 2. The number of amides is 1. The van der Waals surface area contributed by atoms with E-state index < -0.39 is 10.0 Å². The zero-order valence-electron chi connectivity index (χ0n) is 18.0. The monoisotopic (exact) mass is 459 g/mol. The summed E-state index contributed by atoms with van der Waals surface area (Å²) in [6.07, 6.45) is 3.19. The summed E-state index contributed by atoms with van der Waals surface area (Å²) in [5.41, 5.74) is 2.83. The first-order valence-corrected chi connectivity index (χ1v) is 12.5. The maximum Gasteiger partial charge on any atom is 0.251 e. The number of benzene rings is 2. The lowest BCUT2D eigenvalue weighted by Crippen LogP contribution is -2.31. The summed E-state index contributed by atoms with van der Waals surface area (Å²) in [6, 6.07) is 14.1. The number of fused-ring (bicyclic) bond motifs is 1. The van der Waals surface area contributed by atoms with Gasteiger partial charge in [0.05, 0.1) is 5.75 Å². The predicted molar refractivity (Wildman–Crippen MR) is 121 cm³/mol. The average molecular weight is 460 g/mol. The summed E-state index contributed by atoms with van der Waals surface area (Å²) >= 11 is 0. The molecule has 8 nitrogen and oxygen atoms in total. The maximum atomic E-state index is 12.2. The molecule has 0 saturated heterocycles. The molecule has 3 atom stereocenters. The zero-order valence-corrected chi connectivity index (χ0v) is 18.9. The van der Waals surface area contributed by atoms with E-state index in [-0.39, 0.29) is 31.0 Å². The van der Waals surface area contributed by atoms with Crippen LogP contribution in [0.15, 0.2) is 42.5 Å². The molecule has 4 rings (SSSR count). The first kappa shape index (κ1) is 22.6. The second kappa shape index (κ2) is 9.48. The molecule has 9 heteroatoms. The number of primary sulfonamides is 1. The zero-order chi connectivity index (χ0) is 22.7. The number of carbonyl (C=O) groups is 1. The van der Waals surface area contributed by atoms with E-state index in [1.807, 2.05) is 24.3 Å². The number of nitrogens with one attached hydrogen (secondary N) is 2. The predicted octanol–water partition coefficient (Wildman–Crippen LogP) is 2.42. The fourth-order valence-electron chi connectivity index (χ4n) is 4.49. The van der Waals surface area contributed by atoms with Gasteiger partial charge in [-0.1, -0.05) is 24.3 Å². The molecule has 1 fully saturated rings. The van der Waals surface area contributed by atoms with Crippen molar-refractivity contribution in [3.8, 4) is 11.5 Å². The van der Waals surface area contributed by atoms with Crippen LogP contribution in [-0.4, -0.2) is 39.5 Å². The summed E-state index contributed by atoms with van der Waals surface area (Å²) in [4.78, 5) is 12.2. The highest BCUT2D eigenvalue weighted by molar-refractivity contribution is 7.89. The van der Waals surface area contributed by atoms with E-state index in [2.05, 4.69) is 23.6 Å². The Bertz CT molecular complexity index is 1070. The number of hydrogen-bond acceptors (Lipinski definition) is 6. The Morgan fingerprint density at radius 1 is 1.16 bits per heavy atom. The molecule has 2 aliphatic rings. The van der Waals surface area contributed by atoms with Crippen LogP contribution in [0, 0.1) is 0 Å². The van der Waals surface area contributed by atoms with Gasteiger partial charge in [0.1, 0.15) is 0 Å². The first-order valence-electron chi connectivity index (χ1n) is 10.8. The van der Waals surface area contributed by atoms with Gasteiger partial charge >= 0.3 is 0 Å². The van der Waals surface area contributed by atoms with Crippen LogP contribution >= 0.6 is 0 Å². The van der Waals surface area contributed by atoms with E-state index in [4.69, 9.17) is 14.6 Å². The molecule has 0 bridgehead atoms. The summed E-state index contributed by atoms with van der Waals surface area (Å²) in [6.45, 7) is 2.41. The van der Waals surface area contributed by atoms with E-state index in [1.54, 1.807) is 12.1 Å². The Hall–Kier alpha value is -2.62. The highest BCUT2D eigenvalue weighted by Crippen LogP contribution is 2.40. The second-order valence-corrected chi connectivity index (χ2v) is 10.2. The smallest absolute Gasteiger partial charge is 0.251 e. The molecule has 2 aromatic rings. The molecule has 3 unspecified atom stereocenters. The number of sulfonamides is 1. The lowest BCUT2D eigenvalue weighted by atomic mass is 9.96. The minimum atomic E-state index is -3.59. The number of rotatable bonds is 8. The van der Waals surface area contributed by atoms with Crippen molar-refractivity contribution in [2.75, 3.05) is 19.1 Å². The molecule has 1 amide bonds. The molecular weight excluding hydrogens is 430 g/mol. The van der Waals surface area contributed by atoms with Crippen molar-refractivity contribution >= 4 is 15.9 Å². The van der Waals surface area contributed by atoms with Gasteiger partial charge in [0.2, 0.25) is 16.8 Å². The standard InChI is InChI=1S/C23H29N3O5S/c1-15(20-3-2-4-21-22(20)31-14-30-21)26-19-10-9-18(13-19)16-5-7-17(8-6-16)23(27)25-11-12-32(24,28)29/h2-8,15,18-19,26H,9-14H2,1H3,(H,25,27)(H2,24,28,29). The van der Waals surface area contributed by atoms with Crippen molar-refractivity contribution < 1.29 is 22.7 Å². The molecule has 0 spiro atoms. The van der Waals surface area contributed by atoms with Gasteiger partial charge in [0.15, 0.2) is 11.5 Å². The van der Waals surface area contributed by atoms with Gasteiger partial charge < -0.3 is 20.1 Å². The number of para-hydroxylation sites is 1. The van der Waals surface area contributed by atoms with Crippen molar-refractivity contribution in [1.29, 1.82) is 0 Å². The fraction of sp³-hybridized carbons (Fsp3) is 0.435. The summed E-state index contributed by atoms with van der Waals surface area (Å²) in [5, 5.41) is 11.3. The van der Waals surface area contributed by atoms with Crippen LogP contribution in [0.3, 0.4) is 0 Å². The van der Waals surface area contributed by atoms with Gasteiger partial charge in [-0.15, -0.1) is 0 Å². The quantitative estimate of drug-likeness (QED) is 0.558. The van der Waals surface area contributed by atoms with Crippen LogP contribution in [0.5, 0.6) is 11.5 Å². The van der Waals surface area contributed by atoms with Crippen molar-refractivity contribution in [2.24, 2.45) is 5.14 Å². The molecule has 0 aromatic heterocycles. The van der Waals surface area contributed by atoms with Crippen molar-refractivity contribution in [2.45, 2.75) is 44.2 Å². The highest BCUT2D eigenvalue weighted by Gasteiger charge is 2.29. The molecule has 32 heavy (non-hydrogen) atoms. The Morgan fingerprint density at radius 3 is 2.69 bits per heavy atom. The third-order valence-electron chi connectivity index (χ3n) is 6.13. The Kier molecular flexibility index (Phi) is 6.68. The summed E-state index contributed by atoms with van der Waals surface area (Å²) < 4.78 is 33.1. The van der Waals surface area contributed by atoms with Crippen LogP contribution < -0.4 is 25.2 Å². The Morgan fingerprint density at radius 2 is 1.94 bits per heavy atom. The topological polar surface area (TPSA) is 120 Å². The van der Waals surface area contributed by atoms with E-state index in [0.29, 0.717) is 17.5 Å². The molecule has 1 aliphatic heterocycles. The first-order chi connectivity index (χ1) is 15.3. The SMILES string of the molecule is CC(NC1CCC(c2ccc(C(=O)NCCS(N)(=O)=O)cc2)C1)c1cccc2c1OCO2. The van der Waals surface area contributed by atoms with E-state index >= 15 is 0 Å². The summed E-state index contributed by atoms with van der Waals surface area (Å²) in [7, 11) is -3.59. The molecular formula is C23H29N3O5S. The molecule has 172 valence electrons. The lowest BCUT2D eigenvalue weighted by molar-refractivity contribution is 0.0956. The molecule has 1 heterocycles. The fourth-order valence-corrected chi connectivity index (χ4v) is 4.87. The van der Waals surface area contributed by atoms with Gasteiger partial charge in [0, 0.05) is 29.8 Å². The number of nitrogens with two attached hydrogens (primary N) is 1. The minimum Gasteiger partial charge on any atom is -0.454 e. The van der Waals surface area contributed by atoms with Gasteiger partial charge in [-0.05, 0) is 55.9 Å². The number of carbonyl (C=O) groups excluding carboxylic acids is 1. The van der Waals surface area contributed by atoms with Crippen LogP contribution in [0.4, 0.5) is 0 Å². The van der Waals surface area contributed by atoms with Crippen molar-refractivity contribution in [3.63, 3.8) is 0 Å². The van der Waals surface area contributed by atoms with Crippen LogP contribution in [-0.2, 0) is 10.0 Å². The molecule has 0 radical (unpaired) electrons. The van der Waals surface area contributed by atoms with E-state index in [1.165, 1.54) is 5.56 Å². The Balaban J connectivity index is 1.31. The lowest BCUT2D eigenvalue weighted by Gasteiger charge is -2.21.